The van der Waals surface area contributed by atoms with Crippen LogP contribution in [0.4, 0.5) is 5.69 Å². The van der Waals surface area contributed by atoms with Crippen LogP contribution < -0.4 is 10.4 Å². The van der Waals surface area contributed by atoms with E-state index in [1.54, 1.807) is 24.3 Å². The smallest absolute Gasteiger partial charge is 0.337 e. The standard InChI is InChI=1S/C17H21NO5/c1-23-16(22)12-4-6-13(7-5-12)18-14(19)10-17(11-15(20)21)8-2-3-9-17/h4-7H,2-3,8-11H2,1H3,(H,18,19)(H,20,21)/p-1. The number of benzene rings is 1. The van der Waals surface area contributed by atoms with Crippen LogP contribution in [0.15, 0.2) is 24.3 Å². The fourth-order valence-corrected chi connectivity index (χ4v) is 3.20. The highest BCUT2D eigenvalue weighted by Crippen LogP contribution is 2.44. The van der Waals surface area contributed by atoms with Gasteiger partial charge in [-0.05, 0) is 48.9 Å². The second-order valence-corrected chi connectivity index (χ2v) is 6.05. The molecule has 1 fully saturated rings. The largest absolute Gasteiger partial charge is 0.550 e. The van der Waals surface area contributed by atoms with Crippen LogP contribution in [-0.4, -0.2) is 25.0 Å². The topological polar surface area (TPSA) is 95.5 Å². The molecule has 0 aliphatic heterocycles. The summed E-state index contributed by atoms with van der Waals surface area (Å²) >= 11 is 0. The highest BCUT2D eigenvalue weighted by atomic mass is 16.5. The van der Waals surface area contributed by atoms with Gasteiger partial charge in [-0.2, -0.15) is 0 Å². The van der Waals surface area contributed by atoms with Crippen LogP contribution >= 0.6 is 0 Å². The van der Waals surface area contributed by atoms with Crippen LogP contribution in [0, 0.1) is 5.41 Å². The van der Waals surface area contributed by atoms with Gasteiger partial charge in [-0.1, -0.05) is 12.8 Å². The Morgan fingerprint density at radius 3 is 2.26 bits per heavy atom. The molecule has 1 aliphatic rings. The molecule has 6 nitrogen and oxygen atoms in total. The van der Waals surface area contributed by atoms with Crippen LogP contribution in [0.2, 0.25) is 0 Å². The Bertz CT molecular complexity index is 588. The van der Waals surface area contributed by atoms with Crippen molar-refractivity contribution in [3.63, 3.8) is 0 Å². The van der Waals surface area contributed by atoms with Crippen LogP contribution in [0.25, 0.3) is 0 Å². The molecule has 124 valence electrons. The SMILES string of the molecule is COC(=O)c1ccc(NC(=O)CC2(CC(=O)[O-])CCCC2)cc1. The predicted molar refractivity (Wildman–Crippen MR) is 81.6 cm³/mol. The van der Waals surface area contributed by atoms with Gasteiger partial charge in [0, 0.05) is 18.1 Å². The van der Waals surface area contributed by atoms with E-state index in [-0.39, 0.29) is 18.7 Å². The molecule has 0 saturated heterocycles. The van der Waals surface area contributed by atoms with Gasteiger partial charge >= 0.3 is 5.97 Å². The quantitative estimate of drug-likeness (QED) is 0.802. The summed E-state index contributed by atoms with van der Waals surface area (Å²) in [6, 6.07) is 6.36. The number of hydrogen-bond donors (Lipinski definition) is 1. The van der Waals surface area contributed by atoms with Crippen molar-refractivity contribution in [3.8, 4) is 0 Å². The summed E-state index contributed by atoms with van der Waals surface area (Å²) in [5.74, 6) is -1.78. The Morgan fingerprint density at radius 2 is 1.74 bits per heavy atom. The van der Waals surface area contributed by atoms with Crippen molar-refractivity contribution >= 4 is 23.5 Å². The first-order valence-electron chi connectivity index (χ1n) is 7.62. The third kappa shape index (κ3) is 4.55. The van der Waals surface area contributed by atoms with Crippen LogP contribution in [0.3, 0.4) is 0 Å². The number of ether oxygens (including phenoxy) is 1. The van der Waals surface area contributed by atoms with Crippen LogP contribution in [-0.2, 0) is 14.3 Å². The summed E-state index contributed by atoms with van der Waals surface area (Å²) < 4.78 is 4.61. The summed E-state index contributed by atoms with van der Waals surface area (Å²) in [7, 11) is 1.30. The first kappa shape index (κ1) is 17.0. The molecular weight excluding hydrogens is 298 g/mol. The van der Waals surface area contributed by atoms with Crippen molar-refractivity contribution in [2.75, 3.05) is 12.4 Å². The molecule has 0 bridgehead atoms. The number of rotatable bonds is 6. The Balaban J connectivity index is 1.98. The molecule has 0 heterocycles. The molecule has 0 atom stereocenters. The number of amides is 1. The number of carbonyl (C=O) groups excluding carboxylic acids is 3. The van der Waals surface area contributed by atoms with Crippen molar-refractivity contribution in [3.05, 3.63) is 29.8 Å². The summed E-state index contributed by atoms with van der Waals surface area (Å²) in [4.78, 5) is 34.5. The van der Waals surface area contributed by atoms with E-state index in [1.165, 1.54) is 7.11 Å². The van der Waals surface area contributed by atoms with E-state index in [2.05, 4.69) is 10.1 Å². The zero-order valence-electron chi connectivity index (χ0n) is 13.1. The maximum atomic E-state index is 12.2. The van der Waals surface area contributed by atoms with Crippen molar-refractivity contribution in [1.29, 1.82) is 0 Å². The van der Waals surface area contributed by atoms with Gasteiger partial charge in [0.1, 0.15) is 0 Å². The number of carbonyl (C=O) groups is 3. The number of methoxy groups -OCH3 is 1. The lowest BCUT2D eigenvalue weighted by atomic mass is 9.79. The van der Waals surface area contributed by atoms with Gasteiger partial charge in [0.2, 0.25) is 5.91 Å². The minimum Gasteiger partial charge on any atom is -0.550 e. The molecule has 1 amide bonds. The third-order valence-electron chi connectivity index (χ3n) is 4.31. The fourth-order valence-electron chi connectivity index (χ4n) is 3.20. The lowest BCUT2D eigenvalue weighted by Gasteiger charge is -2.28. The van der Waals surface area contributed by atoms with Gasteiger partial charge in [-0.25, -0.2) is 4.79 Å². The molecule has 2 rings (SSSR count). The number of anilines is 1. The van der Waals surface area contributed by atoms with Crippen LogP contribution in [0.5, 0.6) is 0 Å². The first-order valence-corrected chi connectivity index (χ1v) is 7.62. The maximum absolute atomic E-state index is 12.2. The summed E-state index contributed by atoms with van der Waals surface area (Å²) in [6.07, 6.45) is 3.43. The van der Waals surface area contributed by atoms with Gasteiger partial charge in [-0.3, -0.25) is 4.79 Å². The van der Waals surface area contributed by atoms with Gasteiger partial charge in [0.25, 0.3) is 0 Å². The Morgan fingerprint density at radius 1 is 1.13 bits per heavy atom. The minimum absolute atomic E-state index is 0.0816. The van der Waals surface area contributed by atoms with E-state index in [0.717, 1.165) is 25.7 Å². The second-order valence-electron chi connectivity index (χ2n) is 6.05. The van der Waals surface area contributed by atoms with Gasteiger partial charge in [0.15, 0.2) is 0 Å². The average Bonchev–Trinajstić information content (AvgIpc) is 2.94. The predicted octanol–water partition coefficient (Wildman–Crippen LogP) is 1.50. The summed E-state index contributed by atoms with van der Waals surface area (Å²) in [5.41, 5.74) is 0.466. The lowest BCUT2D eigenvalue weighted by Crippen LogP contribution is -2.33. The molecule has 1 aliphatic carbocycles. The Kier molecular flexibility index (Phi) is 5.36. The number of esters is 1. The molecule has 0 aromatic heterocycles. The van der Waals surface area contributed by atoms with Crippen molar-refractivity contribution in [1.82, 2.24) is 0 Å². The number of hydrogen-bond acceptors (Lipinski definition) is 5. The van der Waals surface area contributed by atoms with Gasteiger partial charge < -0.3 is 20.0 Å². The molecule has 1 aromatic rings. The highest BCUT2D eigenvalue weighted by Gasteiger charge is 2.36. The monoisotopic (exact) mass is 318 g/mol. The number of carboxylic acid groups (broad SMARTS) is 1. The molecule has 0 unspecified atom stereocenters. The molecule has 6 heteroatoms. The summed E-state index contributed by atoms with van der Waals surface area (Å²) in [6.45, 7) is 0. The normalized spacial score (nSPS) is 15.9. The second kappa shape index (κ2) is 7.26. The zero-order valence-corrected chi connectivity index (χ0v) is 13.1. The molecule has 23 heavy (non-hydrogen) atoms. The minimum atomic E-state index is -1.11. The van der Waals surface area contributed by atoms with E-state index < -0.39 is 17.4 Å². The number of carboxylic acids is 1. The highest BCUT2D eigenvalue weighted by molar-refractivity contribution is 5.93. The van der Waals surface area contributed by atoms with E-state index >= 15 is 0 Å². The Hall–Kier alpha value is -2.37. The van der Waals surface area contributed by atoms with Crippen molar-refractivity contribution < 1.29 is 24.2 Å². The first-order chi connectivity index (χ1) is 10.9. The molecule has 0 radical (unpaired) electrons. The summed E-state index contributed by atoms with van der Waals surface area (Å²) in [5, 5.41) is 13.7. The average molecular weight is 318 g/mol. The van der Waals surface area contributed by atoms with Crippen LogP contribution in [0.1, 0.15) is 48.9 Å². The maximum Gasteiger partial charge on any atom is 0.337 e. The fraction of sp³-hybridized carbons (Fsp3) is 0.471. The van der Waals surface area contributed by atoms with E-state index in [0.29, 0.717) is 11.3 Å². The van der Waals surface area contributed by atoms with Gasteiger partial charge in [0.05, 0.1) is 12.7 Å². The number of nitrogens with one attached hydrogen (secondary N) is 1. The molecule has 1 aromatic carbocycles. The van der Waals surface area contributed by atoms with Crippen molar-refractivity contribution in [2.24, 2.45) is 5.41 Å². The Labute approximate surface area is 134 Å². The van der Waals surface area contributed by atoms with E-state index in [9.17, 15) is 19.5 Å². The van der Waals surface area contributed by atoms with E-state index in [4.69, 9.17) is 0 Å². The third-order valence-corrected chi connectivity index (χ3v) is 4.31. The molecule has 1 N–H and O–H groups in total. The zero-order chi connectivity index (χ0) is 16.9. The lowest BCUT2D eigenvalue weighted by molar-refractivity contribution is -0.308. The molecular formula is C17H20NO5-. The van der Waals surface area contributed by atoms with Crippen molar-refractivity contribution in [2.45, 2.75) is 38.5 Å². The molecule has 0 spiro atoms. The van der Waals surface area contributed by atoms with Gasteiger partial charge in [-0.15, -0.1) is 0 Å². The molecule has 1 saturated carbocycles. The number of aliphatic carboxylic acids is 1. The van der Waals surface area contributed by atoms with E-state index in [1.807, 2.05) is 0 Å².